The average molecular weight is 251 g/mol. The SMILES string of the molecule is Cc1ccccc1C(=O)c1cccc2c1NC(=O)C2. The molecule has 1 amide bonds. The summed E-state index contributed by atoms with van der Waals surface area (Å²) in [7, 11) is 0. The topological polar surface area (TPSA) is 46.2 Å². The molecule has 19 heavy (non-hydrogen) atoms. The van der Waals surface area contributed by atoms with Crippen molar-refractivity contribution in [2.45, 2.75) is 13.3 Å². The lowest BCUT2D eigenvalue weighted by Gasteiger charge is -2.09. The Morgan fingerprint density at radius 2 is 1.79 bits per heavy atom. The Bertz CT molecular complexity index is 689. The van der Waals surface area contributed by atoms with Crippen molar-refractivity contribution >= 4 is 17.4 Å². The van der Waals surface area contributed by atoms with E-state index in [0.717, 1.165) is 11.1 Å². The van der Waals surface area contributed by atoms with Crippen molar-refractivity contribution in [3.05, 3.63) is 64.7 Å². The molecule has 0 aromatic heterocycles. The number of carbonyl (C=O) groups is 2. The van der Waals surface area contributed by atoms with E-state index >= 15 is 0 Å². The summed E-state index contributed by atoms with van der Waals surface area (Å²) in [4.78, 5) is 24.0. The predicted molar refractivity (Wildman–Crippen MR) is 73.4 cm³/mol. The predicted octanol–water partition coefficient (Wildman–Crippen LogP) is 2.72. The zero-order chi connectivity index (χ0) is 13.4. The first-order chi connectivity index (χ1) is 9.16. The summed E-state index contributed by atoms with van der Waals surface area (Å²) in [5.74, 6) is -0.0998. The summed E-state index contributed by atoms with van der Waals surface area (Å²) < 4.78 is 0. The Hall–Kier alpha value is -2.42. The lowest BCUT2D eigenvalue weighted by molar-refractivity contribution is -0.115. The fourth-order valence-electron chi connectivity index (χ4n) is 2.41. The van der Waals surface area contributed by atoms with Gasteiger partial charge in [0.2, 0.25) is 5.91 Å². The zero-order valence-corrected chi connectivity index (χ0v) is 10.6. The van der Waals surface area contributed by atoms with Gasteiger partial charge in [0, 0.05) is 11.1 Å². The Balaban J connectivity index is 2.10. The van der Waals surface area contributed by atoms with Crippen molar-refractivity contribution in [2.24, 2.45) is 0 Å². The molecule has 2 aromatic carbocycles. The number of carbonyl (C=O) groups excluding carboxylic acids is 2. The molecule has 3 rings (SSSR count). The van der Waals surface area contributed by atoms with Crippen LogP contribution in [0.2, 0.25) is 0 Å². The molecule has 1 aliphatic rings. The minimum atomic E-state index is -0.0555. The summed E-state index contributed by atoms with van der Waals surface area (Å²) in [5, 5.41) is 2.78. The summed E-state index contributed by atoms with van der Waals surface area (Å²) in [5.41, 5.74) is 3.74. The fraction of sp³-hybridized carbons (Fsp3) is 0.125. The van der Waals surface area contributed by atoms with E-state index in [0.29, 0.717) is 23.2 Å². The second kappa shape index (κ2) is 4.35. The lowest BCUT2D eigenvalue weighted by Crippen LogP contribution is -2.09. The third kappa shape index (κ3) is 1.93. The van der Waals surface area contributed by atoms with Crippen molar-refractivity contribution < 1.29 is 9.59 Å². The van der Waals surface area contributed by atoms with E-state index in [1.807, 2.05) is 43.3 Å². The number of hydrogen-bond donors (Lipinski definition) is 1. The monoisotopic (exact) mass is 251 g/mol. The molecule has 0 saturated carbocycles. The third-order valence-electron chi connectivity index (χ3n) is 3.40. The van der Waals surface area contributed by atoms with Crippen LogP contribution < -0.4 is 5.32 Å². The molecular weight excluding hydrogens is 238 g/mol. The van der Waals surface area contributed by atoms with Crippen LogP contribution in [0.1, 0.15) is 27.0 Å². The van der Waals surface area contributed by atoms with Crippen LogP contribution in [0.3, 0.4) is 0 Å². The number of nitrogens with one attached hydrogen (secondary N) is 1. The lowest BCUT2D eigenvalue weighted by atomic mass is 9.96. The number of fused-ring (bicyclic) bond motifs is 1. The molecule has 0 bridgehead atoms. The molecule has 0 fully saturated rings. The maximum Gasteiger partial charge on any atom is 0.228 e. The molecule has 94 valence electrons. The van der Waals surface area contributed by atoms with Crippen LogP contribution in [0.4, 0.5) is 5.69 Å². The Morgan fingerprint density at radius 1 is 1.05 bits per heavy atom. The molecule has 0 radical (unpaired) electrons. The summed E-state index contributed by atoms with van der Waals surface area (Å²) >= 11 is 0. The van der Waals surface area contributed by atoms with Crippen molar-refractivity contribution in [3.63, 3.8) is 0 Å². The molecule has 3 nitrogen and oxygen atoms in total. The highest BCUT2D eigenvalue weighted by molar-refractivity contribution is 6.16. The van der Waals surface area contributed by atoms with Gasteiger partial charge in [0.1, 0.15) is 0 Å². The number of anilines is 1. The van der Waals surface area contributed by atoms with Crippen LogP contribution in [0, 0.1) is 6.92 Å². The van der Waals surface area contributed by atoms with Gasteiger partial charge in [-0.1, -0.05) is 36.4 Å². The van der Waals surface area contributed by atoms with Crippen LogP contribution in [-0.2, 0) is 11.2 Å². The molecule has 0 atom stereocenters. The minimum absolute atomic E-state index is 0.0443. The zero-order valence-electron chi connectivity index (χ0n) is 10.6. The van der Waals surface area contributed by atoms with E-state index in [1.54, 1.807) is 6.07 Å². The van der Waals surface area contributed by atoms with Gasteiger partial charge in [-0.3, -0.25) is 9.59 Å². The van der Waals surface area contributed by atoms with Gasteiger partial charge in [-0.2, -0.15) is 0 Å². The van der Waals surface area contributed by atoms with Crippen LogP contribution in [0.25, 0.3) is 0 Å². The molecule has 0 saturated heterocycles. The highest BCUT2D eigenvalue weighted by Crippen LogP contribution is 2.29. The summed E-state index contributed by atoms with van der Waals surface area (Å²) in [6.45, 7) is 1.91. The Kier molecular flexibility index (Phi) is 2.67. The first kappa shape index (κ1) is 11.7. The van der Waals surface area contributed by atoms with Gasteiger partial charge >= 0.3 is 0 Å². The van der Waals surface area contributed by atoms with Crippen LogP contribution in [0.15, 0.2) is 42.5 Å². The maximum absolute atomic E-state index is 12.6. The average Bonchev–Trinajstić information content (AvgIpc) is 2.78. The molecule has 2 aromatic rings. The van der Waals surface area contributed by atoms with E-state index in [-0.39, 0.29) is 11.7 Å². The van der Waals surface area contributed by atoms with Crippen molar-refractivity contribution in [3.8, 4) is 0 Å². The summed E-state index contributed by atoms with van der Waals surface area (Å²) in [6, 6.07) is 12.9. The number of hydrogen-bond acceptors (Lipinski definition) is 2. The van der Waals surface area contributed by atoms with E-state index in [2.05, 4.69) is 5.32 Å². The number of benzene rings is 2. The summed E-state index contributed by atoms with van der Waals surface area (Å²) in [6.07, 6.45) is 0.351. The van der Waals surface area contributed by atoms with Gasteiger partial charge in [0.15, 0.2) is 5.78 Å². The van der Waals surface area contributed by atoms with Gasteiger partial charge in [-0.25, -0.2) is 0 Å². The molecular formula is C16H13NO2. The molecule has 0 unspecified atom stereocenters. The fourth-order valence-corrected chi connectivity index (χ4v) is 2.41. The third-order valence-corrected chi connectivity index (χ3v) is 3.40. The van der Waals surface area contributed by atoms with Crippen LogP contribution in [-0.4, -0.2) is 11.7 Å². The van der Waals surface area contributed by atoms with Gasteiger partial charge in [-0.05, 0) is 24.1 Å². The van der Waals surface area contributed by atoms with Gasteiger partial charge in [0.25, 0.3) is 0 Å². The van der Waals surface area contributed by atoms with E-state index in [9.17, 15) is 9.59 Å². The highest BCUT2D eigenvalue weighted by atomic mass is 16.2. The van der Waals surface area contributed by atoms with Crippen molar-refractivity contribution in [1.82, 2.24) is 0 Å². The second-order valence-electron chi connectivity index (χ2n) is 4.71. The standard InChI is InChI=1S/C16H13NO2/c1-10-5-2-3-7-12(10)16(19)13-8-4-6-11-9-14(18)17-15(11)13/h2-8H,9H2,1H3,(H,17,18). The number of ketones is 1. The van der Waals surface area contributed by atoms with Gasteiger partial charge < -0.3 is 5.32 Å². The number of aryl methyl sites for hydroxylation is 1. The highest BCUT2D eigenvalue weighted by Gasteiger charge is 2.24. The Morgan fingerprint density at radius 3 is 2.58 bits per heavy atom. The van der Waals surface area contributed by atoms with E-state index in [4.69, 9.17) is 0 Å². The molecule has 1 aliphatic heterocycles. The maximum atomic E-state index is 12.6. The number of amides is 1. The largest absolute Gasteiger partial charge is 0.325 e. The van der Waals surface area contributed by atoms with Crippen LogP contribution >= 0.6 is 0 Å². The molecule has 0 aliphatic carbocycles. The quantitative estimate of drug-likeness (QED) is 0.834. The van der Waals surface area contributed by atoms with Gasteiger partial charge in [-0.15, -0.1) is 0 Å². The van der Waals surface area contributed by atoms with Crippen molar-refractivity contribution in [1.29, 1.82) is 0 Å². The van der Waals surface area contributed by atoms with Gasteiger partial charge in [0.05, 0.1) is 12.1 Å². The number of para-hydroxylation sites is 1. The molecule has 1 heterocycles. The van der Waals surface area contributed by atoms with Crippen molar-refractivity contribution in [2.75, 3.05) is 5.32 Å². The Labute approximate surface area is 111 Å². The minimum Gasteiger partial charge on any atom is -0.325 e. The molecule has 1 N–H and O–H groups in total. The molecule has 3 heteroatoms. The first-order valence-corrected chi connectivity index (χ1v) is 6.19. The van der Waals surface area contributed by atoms with E-state index < -0.39 is 0 Å². The van der Waals surface area contributed by atoms with E-state index in [1.165, 1.54) is 0 Å². The first-order valence-electron chi connectivity index (χ1n) is 6.19. The molecule has 0 spiro atoms. The normalized spacial score (nSPS) is 13.0. The second-order valence-corrected chi connectivity index (χ2v) is 4.71. The smallest absolute Gasteiger partial charge is 0.228 e. The number of rotatable bonds is 2. The van der Waals surface area contributed by atoms with Crippen LogP contribution in [0.5, 0.6) is 0 Å².